The standard InChI is InChI=1S/C20H27N3O5S/c1-8-21-16(24)10-28-20-17(14(5)22-23(20)6)18(25)15-9-11(2)19(29(7,26)27)13(4)12(15)3/h9H,8,10H2,1-7H3,(H,21,24). The fourth-order valence-electron chi connectivity index (χ4n) is 3.45. The number of benzene rings is 1. The second kappa shape index (κ2) is 8.36. The number of rotatable bonds is 7. The van der Waals surface area contributed by atoms with Crippen LogP contribution in [0.25, 0.3) is 0 Å². The molecule has 8 nitrogen and oxygen atoms in total. The van der Waals surface area contributed by atoms with Crippen molar-refractivity contribution >= 4 is 21.5 Å². The molecule has 2 aromatic rings. The molecule has 0 aliphatic heterocycles. The largest absolute Gasteiger partial charge is 0.467 e. The summed E-state index contributed by atoms with van der Waals surface area (Å²) in [5.74, 6) is -0.434. The number of aryl methyl sites for hydroxylation is 3. The van der Waals surface area contributed by atoms with Gasteiger partial charge in [-0.25, -0.2) is 13.1 Å². The third-order valence-corrected chi connectivity index (χ3v) is 6.12. The molecule has 1 heterocycles. The number of aromatic nitrogens is 2. The summed E-state index contributed by atoms with van der Waals surface area (Å²) in [6.07, 6.45) is 1.15. The van der Waals surface area contributed by atoms with E-state index in [1.807, 2.05) is 0 Å². The van der Waals surface area contributed by atoms with E-state index in [0.29, 0.717) is 34.5 Å². The van der Waals surface area contributed by atoms with Crippen LogP contribution in [0.3, 0.4) is 0 Å². The van der Waals surface area contributed by atoms with Gasteiger partial charge in [-0.05, 0) is 57.4 Å². The zero-order chi connectivity index (χ0) is 22.1. The highest BCUT2D eigenvalue weighted by atomic mass is 32.2. The first-order valence-corrected chi connectivity index (χ1v) is 11.1. The maximum absolute atomic E-state index is 13.4. The van der Waals surface area contributed by atoms with Crippen molar-refractivity contribution in [3.63, 3.8) is 0 Å². The van der Waals surface area contributed by atoms with Gasteiger partial charge in [-0.15, -0.1) is 0 Å². The fraction of sp³-hybridized carbons (Fsp3) is 0.450. The molecular formula is C20H27N3O5S. The maximum atomic E-state index is 13.4. The van der Waals surface area contributed by atoms with Gasteiger partial charge in [-0.1, -0.05) is 0 Å². The number of hydrogen-bond acceptors (Lipinski definition) is 6. The number of carbonyl (C=O) groups excluding carboxylic acids is 2. The molecule has 2 rings (SSSR count). The average molecular weight is 422 g/mol. The van der Waals surface area contributed by atoms with E-state index in [-0.39, 0.29) is 34.6 Å². The van der Waals surface area contributed by atoms with Crippen LogP contribution in [0.1, 0.15) is 45.2 Å². The van der Waals surface area contributed by atoms with Crippen LogP contribution in [-0.4, -0.2) is 49.3 Å². The SMILES string of the molecule is CCNC(=O)COc1c(C(=O)c2cc(C)c(S(C)(=O)=O)c(C)c2C)c(C)nn1C. The minimum absolute atomic E-state index is 0.195. The van der Waals surface area contributed by atoms with Crippen LogP contribution in [-0.2, 0) is 21.7 Å². The monoisotopic (exact) mass is 421 g/mol. The Balaban J connectivity index is 2.55. The van der Waals surface area contributed by atoms with Gasteiger partial charge in [0, 0.05) is 25.4 Å². The van der Waals surface area contributed by atoms with Crippen molar-refractivity contribution < 1.29 is 22.7 Å². The van der Waals surface area contributed by atoms with E-state index in [9.17, 15) is 18.0 Å². The normalized spacial score (nSPS) is 11.4. The Morgan fingerprint density at radius 3 is 2.34 bits per heavy atom. The lowest BCUT2D eigenvalue weighted by atomic mass is 9.94. The van der Waals surface area contributed by atoms with Crippen LogP contribution >= 0.6 is 0 Å². The Hall–Kier alpha value is -2.68. The third-order valence-electron chi connectivity index (χ3n) is 4.75. The molecule has 1 aromatic heterocycles. The predicted octanol–water partition coefficient (Wildman–Crippen LogP) is 1.80. The molecule has 0 saturated carbocycles. The Morgan fingerprint density at radius 2 is 1.79 bits per heavy atom. The van der Waals surface area contributed by atoms with Crippen LogP contribution in [0.5, 0.6) is 5.88 Å². The van der Waals surface area contributed by atoms with Gasteiger partial charge in [0.2, 0.25) is 11.7 Å². The number of nitrogens with zero attached hydrogens (tertiary/aromatic N) is 2. The highest BCUT2D eigenvalue weighted by molar-refractivity contribution is 7.90. The molecule has 158 valence electrons. The summed E-state index contributed by atoms with van der Waals surface area (Å²) >= 11 is 0. The van der Waals surface area contributed by atoms with Crippen molar-refractivity contribution in [2.45, 2.75) is 39.5 Å². The summed E-state index contributed by atoms with van der Waals surface area (Å²) in [6.45, 7) is 8.80. The van der Waals surface area contributed by atoms with Crippen molar-refractivity contribution in [1.82, 2.24) is 15.1 Å². The van der Waals surface area contributed by atoms with Crippen LogP contribution in [0.4, 0.5) is 0 Å². The summed E-state index contributed by atoms with van der Waals surface area (Å²) in [7, 11) is -1.79. The van der Waals surface area contributed by atoms with E-state index in [1.54, 1.807) is 47.7 Å². The van der Waals surface area contributed by atoms with Crippen molar-refractivity contribution in [3.05, 3.63) is 39.6 Å². The first-order valence-electron chi connectivity index (χ1n) is 9.18. The van der Waals surface area contributed by atoms with E-state index in [4.69, 9.17) is 4.74 Å². The average Bonchev–Trinajstić information content (AvgIpc) is 2.88. The van der Waals surface area contributed by atoms with Gasteiger partial charge >= 0.3 is 0 Å². The molecule has 0 bridgehead atoms. The molecule has 0 aliphatic carbocycles. The predicted molar refractivity (Wildman–Crippen MR) is 109 cm³/mol. The second-order valence-corrected chi connectivity index (χ2v) is 9.01. The number of hydrogen-bond donors (Lipinski definition) is 1. The van der Waals surface area contributed by atoms with Crippen LogP contribution in [0.2, 0.25) is 0 Å². The number of ether oxygens (including phenoxy) is 1. The van der Waals surface area contributed by atoms with Crippen molar-refractivity contribution in [1.29, 1.82) is 0 Å². The maximum Gasteiger partial charge on any atom is 0.257 e. The topological polar surface area (TPSA) is 107 Å². The molecule has 0 radical (unpaired) electrons. The lowest BCUT2D eigenvalue weighted by Crippen LogP contribution is -2.29. The molecule has 0 aliphatic rings. The zero-order valence-corrected chi connectivity index (χ0v) is 18.7. The third kappa shape index (κ3) is 4.50. The molecule has 0 saturated heterocycles. The van der Waals surface area contributed by atoms with E-state index in [0.717, 1.165) is 6.26 Å². The van der Waals surface area contributed by atoms with E-state index >= 15 is 0 Å². The summed E-state index contributed by atoms with van der Waals surface area (Å²) in [4.78, 5) is 25.4. The molecule has 0 atom stereocenters. The molecule has 0 fully saturated rings. The van der Waals surface area contributed by atoms with Crippen molar-refractivity contribution in [2.75, 3.05) is 19.4 Å². The first-order chi connectivity index (χ1) is 13.4. The van der Waals surface area contributed by atoms with Gasteiger partial charge in [0.1, 0.15) is 5.56 Å². The van der Waals surface area contributed by atoms with Crippen molar-refractivity contribution in [3.8, 4) is 5.88 Å². The molecule has 29 heavy (non-hydrogen) atoms. The minimum atomic E-state index is -3.43. The molecule has 9 heteroatoms. The number of likely N-dealkylation sites (N-methyl/N-ethyl adjacent to an activating group) is 1. The number of nitrogens with one attached hydrogen (secondary N) is 1. The van der Waals surface area contributed by atoms with Gasteiger partial charge in [-0.2, -0.15) is 5.10 Å². The molecule has 1 N–H and O–H groups in total. The van der Waals surface area contributed by atoms with E-state index in [1.165, 1.54) is 4.68 Å². The Labute approximate surface area is 171 Å². The van der Waals surface area contributed by atoms with E-state index in [2.05, 4.69) is 10.4 Å². The second-order valence-electron chi connectivity index (χ2n) is 7.05. The summed E-state index contributed by atoms with van der Waals surface area (Å²) < 4.78 is 31.3. The Bertz CT molecular complexity index is 1080. The number of carbonyl (C=O) groups is 2. The fourth-order valence-corrected chi connectivity index (χ4v) is 4.80. The van der Waals surface area contributed by atoms with Crippen LogP contribution in [0, 0.1) is 27.7 Å². The number of amides is 1. The highest BCUT2D eigenvalue weighted by Crippen LogP contribution is 2.31. The van der Waals surface area contributed by atoms with Gasteiger partial charge in [-0.3, -0.25) is 9.59 Å². The lowest BCUT2D eigenvalue weighted by Gasteiger charge is -2.15. The van der Waals surface area contributed by atoms with Crippen molar-refractivity contribution in [2.24, 2.45) is 7.05 Å². The molecule has 1 amide bonds. The minimum Gasteiger partial charge on any atom is -0.467 e. The summed E-state index contributed by atoms with van der Waals surface area (Å²) in [5, 5.41) is 6.89. The van der Waals surface area contributed by atoms with Gasteiger partial charge in [0.05, 0.1) is 10.6 Å². The first kappa shape index (κ1) is 22.6. The molecule has 0 spiro atoms. The summed E-state index contributed by atoms with van der Waals surface area (Å²) in [5.41, 5.74) is 2.73. The summed E-state index contributed by atoms with van der Waals surface area (Å²) in [6, 6.07) is 1.58. The van der Waals surface area contributed by atoms with Crippen LogP contribution < -0.4 is 10.1 Å². The molecule has 1 aromatic carbocycles. The van der Waals surface area contributed by atoms with Gasteiger partial charge < -0.3 is 10.1 Å². The van der Waals surface area contributed by atoms with Crippen LogP contribution in [0.15, 0.2) is 11.0 Å². The highest BCUT2D eigenvalue weighted by Gasteiger charge is 2.27. The number of sulfone groups is 1. The van der Waals surface area contributed by atoms with Gasteiger partial charge in [0.15, 0.2) is 16.4 Å². The van der Waals surface area contributed by atoms with E-state index < -0.39 is 9.84 Å². The zero-order valence-electron chi connectivity index (χ0n) is 17.8. The van der Waals surface area contributed by atoms with Gasteiger partial charge in [0.25, 0.3) is 5.91 Å². The quantitative estimate of drug-likeness (QED) is 0.683. The Morgan fingerprint density at radius 1 is 1.17 bits per heavy atom. The Kier molecular flexibility index (Phi) is 6.52. The lowest BCUT2D eigenvalue weighted by molar-refractivity contribution is -0.123. The smallest absolute Gasteiger partial charge is 0.257 e. The molecular weight excluding hydrogens is 394 g/mol. The number of ketones is 1. The molecule has 0 unspecified atom stereocenters.